The van der Waals surface area contributed by atoms with Crippen molar-refractivity contribution in [1.82, 2.24) is 5.32 Å². The molecule has 0 aromatic heterocycles. The van der Waals surface area contributed by atoms with Crippen molar-refractivity contribution in [1.29, 1.82) is 10.5 Å². The molecule has 0 spiro atoms. The van der Waals surface area contributed by atoms with Gasteiger partial charge in [-0.2, -0.15) is 10.5 Å². The van der Waals surface area contributed by atoms with Crippen LogP contribution in [-0.4, -0.2) is 6.21 Å². The topological polar surface area (TPSA) is 72.0 Å². The first-order valence-corrected chi connectivity index (χ1v) is 7.34. The Labute approximate surface area is 144 Å². The summed E-state index contributed by atoms with van der Waals surface area (Å²) >= 11 is 5.94. The molecule has 0 aliphatic carbocycles. The van der Waals surface area contributed by atoms with Crippen LogP contribution in [0.15, 0.2) is 64.9 Å². The van der Waals surface area contributed by atoms with Gasteiger partial charge in [-0.05, 0) is 17.7 Å². The SMILES string of the molecule is N#C/C(N=Cc1ccccc1)=C(/C#N)NCc1c(F)cccc1Cl. The molecule has 0 atom stereocenters. The summed E-state index contributed by atoms with van der Waals surface area (Å²) in [6.07, 6.45) is 1.48. The van der Waals surface area contributed by atoms with Crippen LogP contribution in [-0.2, 0) is 6.54 Å². The fourth-order valence-electron chi connectivity index (χ4n) is 1.88. The first-order chi connectivity index (χ1) is 11.7. The third kappa shape index (κ3) is 4.42. The van der Waals surface area contributed by atoms with Crippen molar-refractivity contribution in [2.75, 3.05) is 0 Å². The van der Waals surface area contributed by atoms with Gasteiger partial charge in [0.2, 0.25) is 0 Å². The van der Waals surface area contributed by atoms with E-state index in [-0.39, 0.29) is 28.5 Å². The molecule has 0 amide bonds. The number of hydrogen-bond donors (Lipinski definition) is 1. The molecular formula is C18H12ClFN4. The minimum atomic E-state index is -0.487. The molecular weight excluding hydrogens is 327 g/mol. The monoisotopic (exact) mass is 338 g/mol. The summed E-state index contributed by atoms with van der Waals surface area (Å²) in [4.78, 5) is 4.02. The Morgan fingerprint density at radius 2 is 1.88 bits per heavy atom. The van der Waals surface area contributed by atoms with Crippen molar-refractivity contribution in [2.45, 2.75) is 6.54 Å². The highest BCUT2D eigenvalue weighted by molar-refractivity contribution is 6.31. The van der Waals surface area contributed by atoms with E-state index in [9.17, 15) is 14.9 Å². The molecule has 0 fully saturated rings. The number of nitriles is 2. The van der Waals surface area contributed by atoms with Crippen LogP contribution in [0.3, 0.4) is 0 Å². The third-order valence-electron chi connectivity index (χ3n) is 3.10. The number of allylic oxidation sites excluding steroid dienone is 2. The predicted octanol–water partition coefficient (Wildman–Crippen LogP) is 3.95. The zero-order valence-corrected chi connectivity index (χ0v) is 13.3. The smallest absolute Gasteiger partial charge is 0.174 e. The highest BCUT2D eigenvalue weighted by Gasteiger charge is 2.09. The molecule has 24 heavy (non-hydrogen) atoms. The molecule has 2 aromatic carbocycles. The second-order valence-electron chi connectivity index (χ2n) is 4.67. The number of hydrogen-bond acceptors (Lipinski definition) is 4. The lowest BCUT2D eigenvalue weighted by molar-refractivity contribution is 0.602. The van der Waals surface area contributed by atoms with Crippen molar-refractivity contribution < 1.29 is 4.39 Å². The normalized spacial score (nSPS) is 11.5. The van der Waals surface area contributed by atoms with Crippen LogP contribution in [0.5, 0.6) is 0 Å². The standard InChI is InChI=1S/C18H12ClFN4/c19-15-7-4-8-16(20)14(15)12-24-18(10-22)17(9-21)23-11-13-5-2-1-3-6-13/h1-8,11,24H,12H2/b18-17+,23-11?. The molecule has 6 heteroatoms. The van der Waals surface area contributed by atoms with Crippen LogP contribution in [0.4, 0.5) is 4.39 Å². The van der Waals surface area contributed by atoms with Gasteiger partial charge in [-0.25, -0.2) is 9.38 Å². The van der Waals surface area contributed by atoms with E-state index < -0.39 is 5.82 Å². The van der Waals surface area contributed by atoms with E-state index in [0.29, 0.717) is 0 Å². The van der Waals surface area contributed by atoms with Crippen LogP contribution >= 0.6 is 11.6 Å². The van der Waals surface area contributed by atoms with Crippen LogP contribution in [0.2, 0.25) is 5.02 Å². The van der Waals surface area contributed by atoms with Crippen molar-refractivity contribution in [3.63, 3.8) is 0 Å². The number of aliphatic imine (C=N–C) groups is 1. The summed E-state index contributed by atoms with van der Waals surface area (Å²) in [7, 11) is 0. The number of halogens is 2. The Balaban J connectivity index is 2.21. The highest BCUT2D eigenvalue weighted by Crippen LogP contribution is 2.19. The number of nitrogens with one attached hydrogen (secondary N) is 1. The Morgan fingerprint density at radius 3 is 2.50 bits per heavy atom. The van der Waals surface area contributed by atoms with E-state index in [1.807, 2.05) is 42.5 Å². The maximum absolute atomic E-state index is 13.7. The quantitative estimate of drug-likeness (QED) is 0.662. The minimum absolute atomic E-state index is 0.0273. The van der Waals surface area contributed by atoms with Crippen molar-refractivity contribution in [3.8, 4) is 12.1 Å². The third-order valence-corrected chi connectivity index (χ3v) is 3.45. The van der Waals surface area contributed by atoms with Gasteiger partial charge in [-0.1, -0.05) is 48.0 Å². The van der Waals surface area contributed by atoms with Crippen molar-refractivity contribution in [2.24, 2.45) is 4.99 Å². The molecule has 4 nitrogen and oxygen atoms in total. The van der Waals surface area contributed by atoms with E-state index in [0.717, 1.165) is 5.56 Å². The lowest BCUT2D eigenvalue weighted by atomic mass is 10.2. The summed E-state index contributed by atoms with van der Waals surface area (Å²) < 4.78 is 13.7. The molecule has 118 valence electrons. The van der Waals surface area contributed by atoms with Gasteiger partial charge in [0, 0.05) is 23.3 Å². The Hall–Kier alpha value is -3.15. The van der Waals surface area contributed by atoms with E-state index in [2.05, 4.69) is 10.3 Å². The van der Waals surface area contributed by atoms with E-state index in [1.54, 1.807) is 6.07 Å². The lowest BCUT2D eigenvalue weighted by Crippen LogP contribution is -2.14. The Kier molecular flexibility index (Phi) is 6.08. The summed E-state index contributed by atoms with van der Waals surface area (Å²) in [5.41, 5.74) is 0.869. The number of rotatable bonds is 5. The van der Waals surface area contributed by atoms with Gasteiger partial charge in [0.15, 0.2) is 11.4 Å². The summed E-state index contributed by atoms with van der Waals surface area (Å²) in [5.74, 6) is -0.487. The Bertz CT molecular complexity index is 841. The average molecular weight is 339 g/mol. The van der Waals surface area contributed by atoms with Gasteiger partial charge in [-0.15, -0.1) is 0 Å². The lowest BCUT2D eigenvalue weighted by Gasteiger charge is -2.08. The average Bonchev–Trinajstić information content (AvgIpc) is 2.60. The van der Waals surface area contributed by atoms with Crippen LogP contribution < -0.4 is 5.32 Å². The van der Waals surface area contributed by atoms with Gasteiger partial charge in [0.05, 0.1) is 0 Å². The largest absolute Gasteiger partial charge is 0.370 e. The second-order valence-corrected chi connectivity index (χ2v) is 5.08. The molecule has 0 radical (unpaired) electrons. The van der Waals surface area contributed by atoms with Gasteiger partial charge in [0.1, 0.15) is 18.0 Å². The molecule has 2 rings (SSSR count). The molecule has 0 saturated carbocycles. The molecule has 0 unspecified atom stereocenters. The first-order valence-electron chi connectivity index (χ1n) is 6.96. The maximum Gasteiger partial charge on any atom is 0.174 e. The van der Waals surface area contributed by atoms with Crippen molar-refractivity contribution in [3.05, 3.63) is 81.9 Å². The highest BCUT2D eigenvalue weighted by atomic mass is 35.5. The van der Waals surface area contributed by atoms with Gasteiger partial charge >= 0.3 is 0 Å². The van der Waals surface area contributed by atoms with Gasteiger partial charge < -0.3 is 5.32 Å². The zero-order chi connectivity index (χ0) is 17.4. The fourth-order valence-corrected chi connectivity index (χ4v) is 2.11. The van der Waals surface area contributed by atoms with Gasteiger partial charge in [0.25, 0.3) is 0 Å². The molecule has 0 aliphatic rings. The first kappa shape index (κ1) is 17.2. The summed E-state index contributed by atoms with van der Waals surface area (Å²) in [6, 6.07) is 17.2. The number of benzene rings is 2. The molecule has 0 aliphatic heterocycles. The van der Waals surface area contributed by atoms with Crippen molar-refractivity contribution >= 4 is 17.8 Å². The molecule has 2 aromatic rings. The number of nitrogens with zero attached hydrogens (tertiary/aromatic N) is 3. The fraction of sp³-hybridized carbons (Fsp3) is 0.0556. The second kappa shape index (κ2) is 8.47. The minimum Gasteiger partial charge on any atom is -0.370 e. The summed E-state index contributed by atoms with van der Waals surface area (Å²) in [6.45, 7) is -0.0273. The molecule has 1 N–H and O–H groups in total. The van der Waals surface area contributed by atoms with E-state index in [4.69, 9.17) is 11.6 Å². The van der Waals surface area contributed by atoms with Crippen LogP contribution in [0.1, 0.15) is 11.1 Å². The van der Waals surface area contributed by atoms with Gasteiger partial charge in [-0.3, -0.25) is 0 Å². The molecule has 0 bridgehead atoms. The van der Waals surface area contributed by atoms with E-state index in [1.165, 1.54) is 18.3 Å². The van der Waals surface area contributed by atoms with Crippen LogP contribution in [0, 0.1) is 28.5 Å². The van der Waals surface area contributed by atoms with Crippen LogP contribution in [0.25, 0.3) is 0 Å². The van der Waals surface area contributed by atoms with E-state index >= 15 is 0 Å². The predicted molar refractivity (Wildman–Crippen MR) is 90.5 cm³/mol. The Morgan fingerprint density at radius 1 is 1.12 bits per heavy atom. The zero-order valence-electron chi connectivity index (χ0n) is 12.5. The molecule has 0 heterocycles. The summed E-state index contributed by atoms with van der Waals surface area (Å²) in [5, 5.41) is 21.4. The maximum atomic E-state index is 13.7. The molecule has 0 saturated heterocycles.